The summed E-state index contributed by atoms with van der Waals surface area (Å²) in [5.74, 6) is -0.345. The molecule has 0 saturated carbocycles. The molecule has 0 fully saturated rings. The lowest BCUT2D eigenvalue weighted by Crippen LogP contribution is -2.55. The molecular weight excluding hydrogens is 458 g/mol. The predicted octanol–water partition coefficient (Wildman–Crippen LogP) is 6.69. The van der Waals surface area contributed by atoms with Crippen molar-refractivity contribution in [1.29, 1.82) is 0 Å². The summed E-state index contributed by atoms with van der Waals surface area (Å²) in [5, 5.41) is 7.10. The Kier molecular flexibility index (Phi) is 8.17. The van der Waals surface area contributed by atoms with Gasteiger partial charge in [-0.2, -0.15) is 0 Å². The smallest absolute Gasteiger partial charge is 0.408 e. The number of nitrogens with zero attached hydrogens (tertiary/aromatic N) is 4. The molecule has 1 heterocycles. The van der Waals surface area contributed by atoms with Crippen LogP contribution in [0.5, 0.6) is 0 Å². The summed E-state index contributed by atoms with van der Waals surface area (Å²) in [6, 6.07) is 17.9. The zero-order valence-electron chi connectivity index (χ0n) is 21.2. The summed E-state index contributed by atoms with van der Waals surface area (Å²) in [7, 11) is 0. The number of rotatable bonds is 8. The fourth-order valence-electron chi connectivity index (χ4n) is 3.98. The van der Waals surface area contributed by atoms with E-state index < -0.39 is 23.7 Å². The molecule has 9 heteroatoms. The third kappa shape index (κ3) is 6.73. The molecule has 0 aliphatic carbocycles. The number of ether oxygens (including phenoxy) is 2. The number of carbonyl (C=O) groups excluding carboxylic acids is 2. The van der Waals surface area contributed by atoms with E-state index in [0.29, 0.717) is 16.5 Å². The number of alkyl carbamates (subject to hydrolysis) is 1. The number of amides is 1. The van der Waals surface area contributed by atoms with Crippen molar-refractivity contribution < 1.29 is 19.1 Å². The Balaban J connectivity index is 2.06. The highest BCUT2D eigenvalue weighted by Gasteiger charge is 2.47. The zero-order valence-corrected chi connectivity index (χ0v) is 21.2. The SMILES string of the molecule is CC(C)OC(=O)[C@](CC(C)(C)C)(NC(=O)OCc1ccccc1)c1ccc2nc(N=[N+]=[N-])ccc2c1. The molecule has 0 bridgehead atoms. The number of fused-ring (bicyclic) bond motifs is 1. The van der Waals surface area contributed by atoms with E-state index in [1.807, 2.05) is 51.1 Å². The Morgan fingerprint density at radius 1 is 1.08 bits per heavy atom. The summed E-state index contributed by atoms with van der Waals surface area (Å²) in [6.45, 7) is 9.52. The number of azide groups is 1. The van der Waals surface area contributed by atoms with E-state index >= 15 is 0 Å². The Bertz CT molecular complexity index is 1280. The van der Waals surface area contributed by atoms with E-state index in [1.165, 1.54) is 0 Å². The van der Waals surface area contributed by atoms with Crippen LogP contribution in [0, 0.1) is 5.41 Å². The van der Waals surface area contributed by atoms with Gasteiger partial charge in [0.2, 0.25) is 0 Å². The number of pyridine rings is 1. The molecule has 2 aromatic carbocycles. The minimum atomic E-state index is -1.52. The van der Waals surface area contributed by atoms with E-state index in [-0.39, 0.29) is 24.3 Å². The van der Waals surface area contributed by atoms with Gasteiger partial charge in [-0.05, 0) is 65.7 Å². The van der Waals surface area contributed by atoms with Crippen molar-refractivity contribution in [3.63, 3.8) is 0 Å². The van der Waals surface area contributed by atoms with Gasteiger partial charge in [-0.3, -0.25) is 0 Å². The average molecular weight is 490 g/mol. The van der Waals surface area contributed by atoms with Crippen molar-refractivity contribution in [1.82, 2.24) is 10.3 Å². The van der Waals surface area contributed by atoms with Crippen molar-refractivity contribution in [3.05, 3.63) is 82.2 Å². The van der Waals surface area contributed by atoms with E-state index in [0.717, 1.165) is 5.56 Å². The van der Waals surface area contributed by atoms with E-state index in [2.05, 4.69) is 20.3 Å². The molecule has 0 aliphatic heterocycles. The molecule has 0 saturated heterocycles. The van der Waals surface area contributed by atoms with Gasteiger partial charge in [-0.15, -0.1) is 0 Å². The summed E-state index contributed by atoms with van der Waals surface area (Å²) in [4.78, 5) is 33.8. The van der Waals surface area contributed by atoms with Gasteiger partial charge in [-0.1, -0.05) is 63.2 Å². The van der Waals surface area contributed by atoms with Crippen LogP contribution in [-0.4, -0.2) is 23.2 Å². The van der Waals surface area contributed by atoms with Gasteiger partial charge in [0, 0.05) is 10.3 Å². The lowest BCUT2D eigenvalue weighted by atomic mass is 9.75. The lowest BCUT2D eigenvalue weighted by molar-refractivity contribution is -0.157. The molecule has 36 heavy (non-hydrogen) atoms. The van der Waals surface area contributed by atoms with Gasteiger partial charge < -0.3 is 14.8 Å². The molecule has 1 amide bonds. The average Bonchev–Trinajstić information content (AvgIpc) is 2.81. The third-order valence-electron chi connectivity index (χ3n) is 5.33. The van der Waals surface area contributed by atoms with Crippen molar-refractivity contribution in [2.75, 3.05) is 0 Å². The molecule has 9 nitrogen and oxygen atoms in total. The van der Waals surface area contributed by atoms with E-state index in [1.54, 1.807) is 44.2 Å². The fourth-order valence-corrected chi connectivity index (χ4v) is 3.98. The second-order valence-electron chi connectivity index (χ2n) is 10.0. The van der Waals surface area contributed by atoms with Crippen molar-refractivity contribution in [3.8, 4) is 0 Å². The van der Waals surface area contributed by atoms with Crippen LogP contribution < -0.4 is 5.32 Å². The molecule has 188 valence electrons. The first-order chi connectivity index (χ1) is 17.0. The molecule has 1 N–H and O–H groups in total. The quantitative estimate of drug-likeness (QED) is 0.163. The number of nitrogens with one attached hydrogen (secondary N) is 1. The van der Waals surface area contributed by atoms with Crippen molar-refractivity contribution in [2.24, 2.45) is 10.5 Å². The number of hydrogen-bond acceptors (Lipinski definition) is 6. The second kappa shape index (κ2) is 11.1. The largest absolute Gasteiger partial charge is 0.461 e. The van der Waals surface area contributed by atoms with Crippen LogP contribution in [-0.2, 0) is 26.4 Å². The number of hydrogen-bond donors (Lipinski definition) is 1. The maximum absolute atomic E-state index is 13.7. The number of esters is 1. The summed E-state index contributed by atoms with van der Waals surface area (Å²) < 4.78 is 11.2. The van der Waals surface area contributed by atoms with Crippen molar-refractivity contribution in [2.45, 2.75) is 59.3 Å². The molecule has 0 spiro atoms. The Labute approximate surface area is 210 Å². The number of aromatic nitrogens is 1. The highest BCUT2D eigenvalue weighted by atomic mass is 16.6. The fraction of sp³-hybridized carbons (Fsp3) is 0.370. The van der Waals surface area contributed by atoms with Crippen LogP contribution in [0.15, 0.2) is 65.8 Å². The number of benzene rings is 2. The first-order valence-electron chi connectivity index (χ1n) is 11.7. The molecule has 0 aliphatic rings. The molecular formula is C27H31N5O4. The molecule has 3 rings (SSSR count). The van der Waals surface area contributed by atoms with Gasteiger partial charge in [0.05, 0.1) is 11.6 Å². The van der Waals surface area contributed by atoms with Crippen molar-refractivity contribution >= 4 is 28.8 Å². The summed E-state index contributed by atoms with van der Waals surface area (Å²) >= 11 is 0. The Hall–Kier alpha value is -4.10. The second-order valence-corrected chi connectivity index (χ2v) is 10.0. The third-order valence-corrected chi connectivity index (χ3v) is 5.33. The molecule has 0 unspecified atom stereocenters. The summed E-state index contributed by atoms with van der Waals surface area (Å²) in [5.41, 5.74) is 8.74. The summed E-state index contributed by atoms with van der Waals surface area (Å²) in [6.07, 6.45) is -0.880. The van der Waals surface area contributed by atoms with Crippen LogP contribution in [0.3, 0.4) is 0 Å². The first-order valence-corrected chi connectivity index (χ1v) is 11.7. The maximum atomic E-state index is 13.7. The van der Waals surface area contributed by atoms with Crippen LogP contribution >= 0.6 is 0 Å². The Morgan fingerprint density at radius 2 is 1.81 bits per heavy atom. The highest BCUT2D eigenvalue weighted by Crippen LogP contribution is 2.38. The van der Waals surface area contributed by atoms with Gasteiger partial charge in [0.1, 0.15) is 12.4 Å². The molecule has 3 aromatic rings. The normalized spacial score (nSPS) is 12.9. The van der Waals surface area contributed by atoms with Gasteiger partial charge in [0.15, 0.2) is 5.54 Å². The lowest BCUT2D eigenvalue weighted by Gasteiger charge is -2.38. The van der Waals surface area contributed by atoms with E-state index in [9.17, 15) is 9.59 Å². The molecule has 1 atom stereocenters. The predicted molar refractivity (Wildman–Crippen MR) is 137 cm³/mol. The minimum absolute atomic E-state index is 0.0569. The maximum Gasteiger partial charge on any atom is 0.408 e. The number of carbonyl (C=O) groups is 2. The topological polar surface area (TPSA) is 126 Å². The Morgan fingerprint density at radius 3 is 2.44 bits per heavy atom. The highest BCUT2D eigenvalue weighted by molar-refractivity contribution is 5.90. The van der Waals surface area contributed by atoms with Crippen LogP contribution in [0.2, 0.25) is 0 Å². The van der Waals surface area contributed by atoms with Gasteiger partial charge in [-0.25, -0.2) is 14.6 Å². The molecule has 0 radical (unpaired) electrons. The molecule has 1 aromatic heterocycles. The van der Waals surface area contributed by atoms with Crippen LogP contribution in [0.25, 0.3) is 21.3 Å². The van der Waals surface area contributed by atoms with E-state index in [4.69, 9.17) is 15.0 Å². The minimum Gasteiger partial charge on any atom is -0.461 e. The van der Waals surface area contributed by atoms with Crippen LogP contribution in [0.1, 0.15) is 52.2 Å². The van der Waals surface area contributed by atoms with Gasteiger partial charge >= 0.3 is 12.1 Å². The zero-order chi connectivity index (χ0) is 26.3. The monoisotopic (exact) mass is 489 g/mol. The van der Waals surface area contributed by atoms with Crippen LogP contribution in [0.4, 0.5) is 10.6 Å². The van der Waals surface area contributed by atoms with Gasteiger partial charge in [0.25, 0.3) is 0 Å². The standard InChI is InChI=1S/C27H31N5O4/c1-18(2)36-24(33)27(17-26(3,4)5,30-25(34)35-16-19-9-7-6-8-10-19)21-12-13-22-20(15-21)11-14-23(29-22)31-32-28/h6-15,18H,16-17H2,1-5H3,(H,30,34)/t27-/m1/s1. The first kappa shape index (κ1) is 26.5.